The van der Waals surface area contributed by atoms with Crippen molar-refractivity contribution in [3.63, 3.8) is 0 Å². The number of anilines is 2. The van der Waals surface area contributed by atoms with Gasteiger partial charge in [0.1, 0.15) is 11.5 Å². The maximum Gasteiger partial charge on any atom is 0.130 e. The molecule has 0 unspecified atom stereocenters. The predicted molar refractivity (Wildman–Crippen MR) is 132 cm³/mol. The van der Waals surface area contributed by atoms with Crippen molar-refractivity contribution >= 4 is 43.1 Å². The van der Waals surface area contributed by atoms with Crippen LogP contribution in [0.4, 0.5) is 11.5 Å². The van der Waals surface area contributed by atoms with E-state index < -0.39 is 0 Å². The van der Waals surface area contributed by atoms with Gasteiger partial charge in [0.2, 0.25) is 0 Å². The summed E-state index contributed by atoms with van der Waals surface area (Å²) in [6.07, 6.45) is 1.87. The molecule has 5 aromatic rings. The maximum atomic E-state index is 5.44. The molecule has 6 nitrogen and oxygen atoms in total. The molecule has 0 saturated carbocycles. The lowest BCUT2D eigenvalue weighted by molar-refractivity contribution is 0.122. The Balaban J connectivity index is 1.18. The smallest absolute Gasteiger partial charge is 0.130 e. The summed E-state index contributed by atoms with van der Waals surface area (Å²) >= 11 is 1.79. The number of ether oxygens (including phenoxy) is 1. The number of hydrogen-bond donors (Lipinski definition) is 2. The molecule has 0 amide bonds. The Kier molecular flexibility index (Phi) is 4.97. The Morgan fingerprint density at radius 1 is 1.03 bits per heavy atom. The largest absolute Gasteiger partial charge is 0.381 e. The molecule has 32 heavy (non-hydrogen) atoms. The zero-order chi connectivity index (χ0) is 21.3. The van der Waals surface area contributed by atoms with Crippen LogP contribution in [0.2, 0.25) is 0 Å². The Morgan fingerprint density at radius 3 is 2.75 bits per heavy atom. The van der Waals surface area contributed by atoms with E-state index in [1.54, 1.807) is 11.3 Å². The first kappa shape index (κ1) is 19.3. The molecular weight excluding hydrogens is 418 g/mol. The lowest BCUT2D eigenvalue weighted by Gasteiger charge is -2.28. The zero-order valence-electron chi connectivity index (χ0n) is 17.5. The molecule has 1 aliphatic heterocycles. The van der Waals surface area contributed by atoms with Crippen LogP contribution in [0.3, 0.4) is 0 Å². The third-order valence-electron chi connectivity index (χ3n) is 5.89. The highest BCUT2D eigenvalue weighted by atomic mass is 32.1. The van der Waals surface area contributed by atoms with Gasteiger partial charge < -0.3 is 15.0 Å². The molecule has 0 spiro atoms. The van der Waals surface area contributed by atoms with Gasteiger partial charge in [0.05, 0.1) is 23.4 Å². The fourth-order valence-corrected chi connectivity index (χ4v) is 5.32. The summed E-state index contributed by atoms with van der Waals surface area (Å²) in [6.45, 7) is 4.05. The number of fused-ring (bicyclic) bond motifs is 3. The van der Waals surface area contributed by atoms with Gasteiger partial charge in [0, 0.05) is 53.2 Å². The van der Waals surface area contributed by atoms with E-state index in [4.69, 9.17) is 4.74 Å². The van der Waals surface area contributed by atoms with Gasteiger partial charge in [0.15, 0.2) is 0 Å². The highest BCUT2D eigenvalue weighted by molar-refractivity contribution is 7.26. The number of pyridine rings is 1. The minimum atomic E-state index is 0.756. The average molecular weight is 442 g/mol. The van der Waals surface area contributed by atoms with Gasteiger partial charge in [-0.2, -0.15) is 5.10 Å². The van der Waals surface area contributed by atoms with Crippen molar-refractivity contribution in [3.8, 4) is 11.3 Å². The molecule has 0 aliphatic carbocycles. The van der Waals surface area contributed by atoms with Crippen LogP contribution in [0.1, 0.15) is 5.56 Å². The van der Waals surface area contributed by atoms with E-state index in [1.165, 1.54) is 20.3 Å². The molecule has 2 N–H and O–H groups in total. The van der Waals surface area contributed by atoms with Crippen LogP contribution >= 0.6 is 11.3 Å². The molecule has 160 valence electrons. The number of thiophene rings is 1. The second kappa shape index (κ2) is 8.26. The Morgan fingerprint density at radius 2 is 1.88 bits per heavy atom. The quantitative estimate of drug-likeness (QED) is 0.388. The summed E-state index contributed by atoms with van der Waals surface area (Å²) in [4.78, 5) is 6.79. The van der Waals surface area contributed by atoms with Crippen LogP contribution in [-0.4, -0.2) is 41.5 Å². The fourth-order valence-electron chi connectivity index (χ4n) is 4.16. The summed E-state index contributed by atoms with van der Waals surface area (Å²) in [6, 6.07) is 21.2. The van der Waals surface area contributed by atoms with Gasteiger partial charge in [-0.3, -0.25) is 5.10 Å². The third kappa shape index (κ3) is 3.59. The second-order valence-corrected chi connectivity index (χ2v) is 8.98. The van der Waals surface area contributed by atoms with Crippen LogP contribution in [0.25, 0.3) is 31.6 Å². The number of morpholine rings is 1. The Hall–Kier alpha value is -3.42. The number of hydrogen-bond acceptors (Lipinski definition) is 6. The third-order valence-corrected chi connectivity index (χ3v) is 7.07. The van der Waals surface area contributed by atoms with Crippen molar-refractivity contribution in [2.75, 3.05) is 36.5 Å². The van der Waals surface area contributed by atoms with Crippen molar-refractivity contribution in [1.29, 1.82) is 0 Å². The summed E-state index contributed by atoms with van der Waals surface area (Å²) in [5, 5.41) is 12.6. The van der Waals surface area contributed by atoms with Gasteiger partial charge in [-0.1, -0.05) is 42.5 Å². The van der Waals surface area contributed by atoms with Crippen molar-refractivity contribution in [1.82, 2.24) is 15.2 Å². The highest BCUT2D eigenvalue weighted by Crippen LogP contribution is 2.38. The topological polar surface area (TPSA) is 66.1 Å². The van der Waals surface area contributed by atoms with E-state index in [1.807, 2.05) is 12.3 Å². The van der Waals surface area contributed by atoms with Crippen molar-refractivity contribution in [3.05, 3.63) is 72.4 Å². The first-order valence-electron chi connectivity index (χ1n) is 10.8. The van der Waals surface area contributed by atoms with Gasteiger partial charge >= 0.3 is 0 Å². The molecule has 7 heteroatoms. The number of nitrogens with zero attached hydrogens (tertiary/aromatic N) is 3. The predicted octanol–water partition coefficient (Wildman–Crippen LogP) is 5.29. The zero-order valence-corrected chi connectivity index (χ0v) is 18.4. The molecule has 0 atom stereocenters. The van der Waals surface area contributed by atoms with E-state index in [-0.39, 0.29) is 0 Å². The van der Waals surface area contributed by atoms with Gasteiger partial charge in [0.25, 0.3) is 0 Å². The molecule has 1 fully saturated rings. The molecule has 2 aromatic carbocycles. The normalized spacial score (nSPS) is 14.3. The van der Waals surface area contributed by atoms with Crippen LogP contribution in [0.15, 0.2) is 66.9 Å². The molecule has 0 radical (unpaired) electrons. The number of aromatic amines is 1. The van der Waals surface area contributed by atoms with E-state index in [9.17, 15) is 0 Å². The van der Waals surface area contributed by atoms with Gasteiger partial charge in [-0.05, 0) is 17.7 Å². The van der Waals surface area contributed by atoms with Crippen LogP contribution in [-0.2, 0) is 11.3 Å². The van der Waals surface area contributed by atoms with Crippen molar-refractivity contribution in [2.24, 2.45) is 0 Å². The Labute approximate surface area is 189 Å². The monoisotopic (exact) mass is 441 g/mol. The first-order chi connectivity index (χ1) is 15.8. The summed E-state index contributed by atoms with van der Waals surface area (Å²) in [5.41, 5.74) is 5.57. The van der Waals surface area contributed by atoms with Crippen molar-refractivity contribution in [2.45, 2.75) is 6.54 Å². The lowest BCUT2D eigenvalue weighted by atomic mass is 10.1. The molecule has 1 saturated heterocycles. The molecule has 6 rings (SSSR count). The molecule has 3 aromatic heterocycles. The molecular formula is C25H23N5OS. The van der Waals surface area contributed by atoms with Crippen LogP contribution < -0.4 is 10.2 Å². The summed E-state index contributed by atoms with van der Waals surface area (Å²) in [5.74, 6) is 1.000. The molecule has 4 heterocycles. The van der Waals surface area contributed by atoms with E-state index in [0.717, 1.165) is 61.1 Å². The minimum absolute atomic E-state index is 0.756. The van der Waals surface area contributed by atoms with E-state index in [2.05, 4.69) is 80.0 Å². The van der Waals surface area contributed by atoms with E-state index in [0.29, 0.717) is 0 Å². The highest BCUT2D eigenvalue weighted by Gasteiger charge is 2.14. The first-order valence-corrected chi connectivity index (χ1v) is 11.6. The van der Waals surface area contributed by atoms with Crippen LogP contribution in [0, 0.1) is 0 Å². The number of H-pyrrole nitrogens is 1. The second-order valence-electron chi connectivity index (χ2n) is 7.93. The fraction of sp³-hybridized carbons (Fsp3) is 0.200. The number of nitrogens with one attached hydrogen (secondary N) is 2. The average Bonchev–Trinajstić information content (AvgIpc) is 3.43. The number of rotatable bonds is 5. The van der Waals surface area contributed by atoms with Gasteiger partial charge in [-0.25, -0.2) is 4.98 Å². The van der Waals surface area contributed by atoms with E-state index >= 15 is 0 Å². The Bertz CT molecular complexity index is 1370. The SMILES string of the molecule is c1ccc2c(c1)sc1c(-c3ccc(CNc4ccnc(N5CCOCC5)c4)cc3)n[nH]c12. The lowest BCUT2D eigenvalue weighted by Crippen LogP contribution is -2.36. The van der Waals surface area contributed by atoms with Gasteiger partial charge in [-0.15, -0.1) is 11.3 Å². The minimum Gasteiger partial charge on any atom is -0.381 e. The molecule has 1 aliphatic rings. The standard InChI is InChI=1S/C25H23N5OS/c1-2-4-21-20(3-1)24-25(32-21)23(28-29-24)18-7-5-17(6-8-18)16-27-19-9-10-26-22(15-19)30-11-13-31-14-12-30/h1-10,15H,11-14,16H2,(H,26,27)(H,28,29). The number of benzene rings is 2. The van der Waals surface area contributed by atoms with Crippen LogP contribution in [0.5, 0.6) is 0 Å². The molecule has 0 bridgehead atoms. The number of aromatic nitrogens is 3. The summed E-state index contributed by atoms with van der Waals surface area (Å²) < 4.78 is 7.94. The van der Waals surface area contributed by atoms with Crippen molar-refractivity contribution < 1.29 is 4.74 Å². The summed E-state index contributed by atoms with van der Waals surface area (Å²) in [7, 11) is 0. The maximum absolute atomic E-state index is 5.44.